The average Bonchev–Trinajstić information content (AvgIpc) is 2.73. The maximum absolute atomic E-state index is 13.6. The minimum absolute atomic E-state index is 0.0129. The maximum Gasteiger partial charge on any atom is 0.323 e. The average molecular weight is 503 g/mol. The number of nitrogens with one attached hydrogen (secondary N) is 3. The number of nitrogens with zero attached hydrogens (tertiary/aromatic N) is 1. The van der Waals surface area contributed by atoms with Crippen molar-refractivity contribution in [1.29, 1.82) is 0 Å². The van der Waals surface area contributed by atoms with Gasteiger partial charge in [0.05, 0.1) is 21.4 Å². The summed E-state index contributed by atoms with van der Waals surface area (Å²) in [4.78, 5) is 11.9. The molecular formula is C20H21Cl2FN4O4S. The molecule has 2 atom stereocenters. The Kier molecular flexibility index (Phi) is 6.51. The van der Waals surface area contributed by atoms with Crippen LogP contribution in [0.3, 0.4) is 0 Å². The van der Waals surface area contributed by atoms with Crippen LogP contribution >= 0.6 is 23.2 Å². The van der Waals surface area contributed by atoms with Crippen LogP contribution in [-0.2, 0) is 10.0 Å². The number of carbonyl (C=O) groups excluding carboxylic acids is 1. The third-order valence-electron chi connectivity index (χ3n) is 5.59. The molecule has 0 saturated carbocycles. The van der Waals surface area contributed by atoms with Crippen molar-refractivity contribution in [2.24, 2.45) is 11.8 Å². The molecule has 2 amide bonds. The number of sulfonamides is 1. The lowest BCUT2D eigenvalue weighted by Gasteiger charge is -2.41. The van der Waals surface area contributed by atoms with Crippen molar-refractivity contribution in [1.82, 2.24) is 9.62 Å². The third-order valence-corrected chi connectivity index (χ3v) is 8.30. The van der Waals surface area contributed by atoms with Crippen LogP contribution in [-0.4, -0.2) is 50.0 Å². The molecule has 2 aliphatic heterocycles. The molecule has 4 N–H and O–H groups in total. The molecule has 2 aromatic rings. The van der Waals surface area contributed by atoms with Crippen LogP contribution in [0.2, 0.25) is 10.0 Å². The molecule has 2 aliphatic rings. The summed E-state index contributed by atoms with van der Waals surface area (Å²) in [5, 5.41) is 18.3. The van der Waals surface area contributed by atoms with E-state index in [4.69, 9.17) is 23.2 Å². The lowest BCUT2D eigenvalue weighted by molar-refractivity contribution is 0.158. The summed E-state index contributed by atoms with van der Waals surface area (Å²) in [7, 11) is -4.11. The van der Waals surface area contributed by atoms with E-state index in [-0.39, 0.29) is 33.3 Å². The Morgan fingerprint density at radius 1 is 1.09 bits per heavy atom. The highest BCUT2D eigenvalue weighted by molar-refractivity contribution is 7.89. The van der Waals surface area contributed by atoms with Crippen molar-refractivity contribution in [3.8, 4) is 5.75 Å². The summed E-state index contributed by atoms with van der Waals surface area (Å²) in [6, 6.07) is 5.61. The standard InChI is InChI=1S/C20H21Cl2FN4O4S/c21-13-4-5-16(26-20(29)25-15-3-1-2-14(23)17(15)22)18(28)19(13)32(30,31)27-9-11-6-12(10-27)8-24-7-11/h1-5,11-12,24,28H,6-10H2,(H2,25,26,29)/t11-,12-/m0/s1. The van der Waals surface area contributed by atoms with Gasteiger partial charge in [-0.05, 0) is 55.6 Å². The molecule has 2 heterocycles. The number of phenolic OH excluding ortho intramolecular Hbond substituents is 1. The fourth-order valence-electron chi connectivity index (χ4n) is 4.15. The second-order valence-electron chi connectivity index (χ2n) is 7.90. The van der Waals surface area contributed by atoms with Crippen LogP contribution in [0.4, 0.5) is 20.6 Å². The summed E-state index contributed by atoms with van der Waals surface area (Å²) < 4.78 is 41.6. The summed E-state index contributed by atoms with van der Waals surface area (Å²) in [5.41, 5.74) is -0.157. The third kappa shape index (κ3) is 4.51. The molecule has 0 aliphatic carbocycles. The number of piperidine rings is 2. The number of phenols is 1. The van der Waals surface area contributed by atoms with Crippen LogP contribution in [0, 0.1) is 17.7 Å². The van der Waals surface area contributed by atoms with Crippen LogP contribution in [0.5, 0.6) is 5.75 Å². The predicted molar refractivity (Wildman–Crippen MR) is 120 cm³/mol. The normalized spacial score (nSPS) is 21.2. The number of urea groups is 1. The van der Waals surface area contributed by atoms with E-state index in [0.717, 1.165) is 25.6 Å². The van der Waals surface area contributed by atoms with Gasteiger partial charge in [-0.2, -0.15) is 4.31 Å². The van der Waals surface area contributed by atoms with Gasteiger partial charge in [-0.3, -0.25) is 0 Å². The Bertz CT molecular complexity index is 1150. The molecule has 0 radical (unpaired) electrons. The van der Waals surface area contributed by atoms with Crippen molar-refractivity contribution < 1.29 is 22.7 Å². The molecule has 2 aromatic carbocycles. The Hall–Kier alpha value is -2.11. The van der Waals surface area contributed by atoms with E-state index >= 15 is 0 Å². The molecule has 12 heteroatoms. The van der Waals surface area contributed by atoms with Crippen molar-refractivity contribution in [2.75, 3.05) is 36.8 Å². The number of fused-ring (bicyclic) bond motifs is 2. The van der Waals surface area contributed by atoms with Gasteiger partial charge in [0.15, 0.2) is 5.75 Å². The Morgan fingerprint density at radius 3 is 2.44 bits per heavy atom. The summed E-state index contributed by atoms with van der Waals surface area (Å²) in [6.45, 7) is 2.09. The number of halogens is 3. The highest BCUT2D eigenvalue weighted by Gasteiger charge is 2.39. The number of benzene rings is 2. The summed E-state index contributed by atoms with van der Waals surface area (Å²) in [6.07, 6.45) is 0.948. The smallest absolute Gasteiger partial charge is 0.323 e. The predicted octanol–water partition coefficient (Wildman–Crippen LogP) is 3.71. The van der Waals surface area contributed by atoms with Gasteiger partial charge in [0.25, 0.3) is 0 Å². The van der Waals surface area contributed by atoms with Crippen LogP contribution in [0.25, 0.3) is 0 Å². The second-order valence-corrected chi connectivity index (χ2v) is 10.6. The highest BCUT2D eigenvalue weighted by atomic mass is 35.5. The number of carbonyl (C=O) groups is 1. The minimum Gasteiger partial charge on any atom is -0.504 e. The van der Waals surface area contributed by atoms with Gasteiger partial charge >= 0.3 is 6.03 Å². The molecule has 2 bridgehead atoms. The van der Waals surface area contributed by atoms with Crippen LogP contribution in [0.1, 0.15) is 6.42 Å². The number of amides is 2. The van der Waals surface area contributed by atoms with Crippen molar-refractivity contribution in [2.45, 2.75) is 11.3 Å². The molecule has 8 nitrogen and oxygen atoms in total. The number of hydrogen-bond donors (Lipinski definition) is 4. The van der Waals surface area contributed by atoms with Crippen molar-refractivity contribution in [3.05, 3.63) is 46.2 Å². The number of aromatic hydroxyl groups is 1. The zero-order valence-electron chi connectivity index (χ0n) is 16.7. The van der Waals surface area contributed by atoms with Gasteiger partial charge in [0.1, 0.15) is 10.7 Å². The van der Waals surface area contributed by atoms with E-state index in [1.54, 1.807) is 0 Å². The Balaban J connectivity index is 1.58. The molecule has 0 aromatic heterocycles. The lowest BCUT2D eigenvalue weighted by atomic mass is 9.87. The summed E-state index contributed by atoms with van der Waals surface area (Å²) >= 11 is 12.0. The van der Waals surface area contributed by atoms with E-state index in [1.165, 1.54) is 28.6 Å². The van der Waals surface area contributed by atoms with E-state index < -0.39 is 32.5 Å². The first-order valence-electron chi connectivity index (χ1n) is 9.91. The maximum atomic E-state index is 13.6. The molecule has 0 spiro atoms. The number of anilines is 2. The van der Waals surface area contributed by atoms with E-state index in [9.17, 15) is 22.7 Å². The molecular weight excluding hydrogens is 482 g/mol. The fourth-order valence-corrected chi connectivity index (χ4v) is 6.51. The topological polar surface area (TPSA) is 111 Å². The van der Waals surface area contributed by atoms with E-state index in [1.807, 2.05) is 0 Å². The molecule has 172 valence electrons. The molecule has 2 saturated heterocycles. The second kappa shape index (κ2) is 9.03. The van der Waals surface area contributed by atoms with E-state index in [2.05, 4.69) is 16.0 Å². The van der Waals surface area contributed by atoms with Gasteiger partial charge < -0.3 is 21.1 Å². The van der Waals surface area contributed by atoms with Crippen molar-refractivity contribution >= 4 is 50.6 Å². The first-order valence-corrected chi connectivity index (χ1v) is 12.1. The molecule has 0 unspecified atom stereocenters. The number of hydrogen-bond acceptors (Lipinski definition) is 5. The Labute approximate surface area is 194 Å². The summed E-state index contributed by atoms with van der Waals surface area (Å²) in [5.74, 6) is -1.02. The molecule has 2 fully saturated rings. The first-order chi connectivity index (χ1) is 15.2. The molecule has 4 rings (SSSR count). The zero-order valence-corrected chi connectivity index (χ0v) is 19.1. The van der Waals surface area contributed by atoms with Gasteiger partial charge in [-0.25, -0.2) is 17.6 Å². The monoisotopic (exact) mass is 502 g/mol. The lowest BCUT2D eigenvalue weighted by Crippen LogP contribution is -2.52. The van der Waals surface area contributed by atoms with Gasteiger partial charge in [-0.15, -0.1) is 0 Å². The van der Waals surface area contributed by atoms with Gasteiger partial charge in [0, 0.05) is 13.1 Å². The molecule has 32 heavy (non-hydrogen) atoms. The highest BCUT2D eigenvalue weighted by Crippen LogP contribution is 2.40. The first kappa shape index (κ1) is 23.1. The zero-order chi connectivity index (χ0) is 23.0. The van der Waals surface area contributed by atoms with Crippen molar-refractivity contribution in [3.63, 3.8) is 0 Å². The van der Waals surface area contributed by atoms with E-state index in [0.29, 0.717) is 13.1 Å². The quantitative estimate of drug-likeness (QED) is 0.476. The largest absolute Gasteiger partial charge is 0.504 e. The SMILES string of the molecule is O=C(Nc1ccc(Cl)c(S(=O)(=O)N2C[C@@H]3CNC[C@H](C3)C2)c1O)Nc1cccc(F)c1Cl. The minimum atomic E-state index is -4.11. The number of rotatable bonds is 4. The van der Waals surface area contributed by atoms with Crippen LogP contribution in [0.15, 0.2) is 35.2 Å². The Morgan fingerprint density at radius 2 is 1.75 bits per heavy atom. The van der Waals surface area contributed by atoms with Crippen LogP contribution < -0.4 is 16.0 Å². The van der Waals surface area contributed by atoms with Gasteiger partial charge in [0.2, 0.25) is 10.0 Å². The fraction of sp³-hybridized carbons (Fsp3) is 0.350. The van der Waals surface area contributed by atoms with Gasteiger partial charge in [-0.1, -0.05) is 29.3 Å².